The van der Waals surface area contributed by atoms with Gasteiger partial charge in [0.05, 0.1) is 10.3 Å². The first-order valence-electron chi connectivity index (χ1n) is 11.7. The van der Waals surface area contributed by atoms with E-state index >= 15 is 0 Å². The van der Waals surface area contributed by atoms with E-state index in [4.69, 9.17) is 4.74 Å². The van der Waals surface area contributed by atoms with Crippen LogP contribution in [0, 0.1) is 0 Å². The second kappa shape index (κ2) is 7.06. The van der Waals surface area contributed by atoms with Crippen molar-refractivity contribution in [1.82, 2.24) is 0 Å². The molecule has 0 aliphatic carbocycles. The van der Waals surface area contributed by atoms with E-state index in [2.05, 4.69) is 121 Å². The zero-order valence-corrected chi connectivity index (χ0v) is 21.3. The van der Waals surface area contributed by atoms with Crippen molar-refractivity contribution in [3.8, 4) is 16.9 Å². The van der Waals surface area contributed by atoms with Crippen molar-refractivity contribution in [2.24, 2.45) is 0 Å². The fourth-order valence-electron chi connectivity index (χ4n) is 6.70. The Hall–Kier alpha value is -2.37. The van der Waals surface area contributed by atoms with E-state index in [0.29, 0.717) is 0 Å². The van der Waals surface area contributed by atoms with Gasteiger partial charge in [-0.25, -0.2) is 0 Å². The van der Waals surface area contributed by atoms with Crippen molar-refractivity contribution in [3.05, 3.63) is 72.8 Å². The van der Waals surface area contributed by atoms with E-state index in [1.807, 2.05) is 0 Å². The van der Waals surface area contributed by atoms with Gasteiger partial charge in [-0.3, -0.25) is 0 Å². The van der Waals surface area contributed by atoms with Crippen LogP contribution < -0.4 is 10.0 Å². The summed E-state index contributed by atoms with van der Waals surface area (Å²) in [5, 5.41) is 6.94. The van der Waals surface area contributed by atoms with Crippen molar-refractivity contribution in [2.75, 3.05) is 0 Å². The highest BCUT2D eigenvalue weighted by molar-refractivity contribution is 7.86. The number of ether oxygens (including phenoxy) is 1. The maximum Gasteiger partial charge on any atom is 0.209 e. The molecule has 0 saturated carbocycles. The Balaban J connectivity index is 1.99. The molecule has 1 aliphatic heterocycles. The molecule has 0 amide bonds. The van der Waals surface area contributed by atoms with Gasteiger partial charge in [0.25, 0.3) is 0 Å². The lowest BCUT2D eigenvalue weighted by Crippen LogP contribution is -2.43. The van der Waals surface area contributed by atoms with Crippen molar-refractivity contribution in [1.29, 1.82) is 0 Å². The normalized spacial score (nSPS) is 18.0. The lowest BCUT2D eigenvalue weighted by atomic mass is 9.92. The van der Waals surface area contributed by atoms with Crippen molar-refractivity contribution < 1.29 is 4.74 Å². The van der Waals surface area contributed by atoms with Gasteiger partial charge in [0.15, 0.2) is 5.75 Å². The third-order valence-corrected chi connectivity index (χ3v) is 13.9. The Morgan fingerprint density at radius 1 is 0.688 bits per heavy atom. The van der Waals surface area contributed by atoms with E-state index in [0.717, 1.165) is 5.75 Å². The molecule has 0 aromatic heterocycles. The van der Waals surface area contributed by atoms with E-state index in [9.17, 15) is 0 Å². The molecule has 164 valence electrons. The molecule has 1 aliphatic rings. The van der Waals surface area contributed by atoms with Gasteiger partial charge in [-0.15, -0.1) is 0 Å². The summed E-state index contributed by atoms with van der Waals surface area (Å²) in [5.74, 6) is 1.28. The fourth-order valence-corrected chi connectivity index (χ4v) is 13.9. The predicted octanol–water partition coefficient (Wildman–Crippen LogP) is 8.64. The summed E-state index contributed by atoms with van der Waals surface area (Å²) in [6.45, 7) is 16.9. The molecule has 1 nitrogen and oxygen atoms in total. The van der Waals surface area contributed by atoms with Crippen LogP contribution in [-0.4, -0.2) is 16.2 Å². The molecule has 0 N–H and O–H groups in total. The molecule has 1 heterocycles. The van der Waals surface area contributed by atoms with Crippen LogP contribution in [0.5, 0.6) is 5.75 Å². The second-order valence-corrected chi connectivity index (χ2v) is 16.4. The lowest BCUT2D eigenvalue weighted by Gasteiger charge is -2.46. The summed E-state index contributed by atoms with van der Waals surface area (Å²) in [4.78, 5) is 0. The average molecular weight is 442 g/mol. The Labute approximate surface area is 193 Å². The van der Waals surface area contributed by atoms with Gasteiger partial charge in [0.2, 0.25) is 5.85 Å². The second-order valence-electron chi connectivity index (χ2n) is 11.1. The summed E-state index contributed by atoms with van der Waals surface area (Å²) < 4.78 is 6.71. The molecular formula is C30H34OP+. The number of benzene rings is 4. The van der Waals surface area contributed by atoms with Crippen LogP contribution in [0.2, 0.25) is 0 Å². The van der Waals surface area contributed by atoms with E-state index < -0.39 is 7.26 Å². The number of hydrogen-bond acceptors (Lipinski definition) is 1. The molecule has 4 aromatic carbocycles. The minimum absolute atomic E-state index is 0.117. The van der Waals surface area contributed by atoms with Crippen LogP contribution in [0.1, 0.15) is 48.5 Å². The van der Waals surface area contributed by atoms with Gasteiger partial charge in [0.1, 0.15) is 12.6 Å². The lowest BCUT2D eigenvalue weighted by molar-refractivity contribution is 0.307. The molecule has 0 radical (unpaired) electrons. The molecule has 0 fully saturated rings. The van der Waals surface area contributed by atoms with Crippen molar-refractivity contribution in [3.63, 3.8) is 0 Å². The zero-order chi connectivity index (χ0) is 22.9. The van der Waals surface area contributed by atoms with Crippen LogP contribution in [0.25, 0.3) is 32.7 Å². The summed E-state index contributed by atoms with van der Waals surface area (Å²) >= 11 is 0. The van der Waals surface area contributed by atoms with Gasteiger partial charge in [-0.2, -0.15) is 0 Å². The molecule has 0 saturated heterocycles. The first kappa shape index (κ1) is 21.5. The van der Waals surface area contributed by atoms with Crippen LogP contribution in [0.4, 0.5) is 0 Å². The minimum Gasteiger partial charge on any atom is -0.453 e. The van der Waals surface area contributed by atoms with Gasteiger partial charge in [-0.1, -0.05) is 60.7 Å². The predicted molar refractivity (Wildman–Crippen MR) is 143 cm³/mol. The summed E-state index contributed by atoms with van der Waals surface area (Å²) in [5.41, 5.74) is 2.71. The monoisotopic (exact) mass is 441 g/mol. The van der Waals surface area contributed by atoms with Gasteiger partial charge >= 0.3 is 0 Å². The third-order valence-electron chi connectivity index (χ3n) is 7.35. The first-order valence-corrected chi connectivity index (χ1v) is 13.5. The maximum absolute atomic E-state index is 6.71. The van der Waals surface area contributed by atoms with E-state index in [-0.39, 0.29) is 16.2 Å². The molecule has 32 heavy (non-hydrogen) atoms. The maximum atomic E-state index is 6.71. The standard InChI is InChI=1S/C30H34OP/c1-20-31-26-18-12-17-25(28(26)32(20,29(2,3)4)30(5,6)7)27-23-15-10-8-13-21(23)19-22-14-9-11-16-24(22)27/h8-20H,1-7H3/q+1. The van der Waals surface area contributed by atoms with Crippen LogP contribution in [0.3, 0.4) is 0 Å². The Bertz CT molecular complexity index is 1270. The van der Waals surface area contributed by atoms with Crippen molar-refractivity contribution >= 4 is 34.1 Å². The largest absolute Gasteiger partial charge is 0.453 e. The Kier molecular flexibility index (Phi) is 4.74. The topological polar surface area (TPSA) is 9.23 Å². The van der Waals surface area contributed by atoms with Crippen LogP contribution >= 0.6 is 7.26 Å². The van der Waals surface area contributed by atoms with Crippen molar-refractivity contribution in [2.45, 2.75) is 64.6 Å². The molecule has 4 aromatic rings. The Morgan fingerprint density at radius 2 is 1.22 bits per heavy atom. The first-order chi connectivity index (χ1) is 15.1. The average Bonchev–Trinajstić information content (AvgIpc) is 3.05. The SMILES string of the molecule is CC1Oc2cccc(-c3c4ccccc4cc4ccccc34)c2[P+]1(C(C)(C)C)C(C)(C)C. The van der Waals surface area contributed by atoms with E-state index in [1.54, 1.807) is 0 Å². The van der Waals surface area contributed by atoms with E-state index in [1.165, 1.54) is 38.0 Å². The van der Waals surface area contributed by atoms with Crippen LogP contribution in [0.15, 0.2) is 72.8 Å². The number of rotatable bonds is 1. The van der Waals surface area contributed by atoms with Gasteiger partial charge in [-0.05, 0) is 75.2 Å². The van der Waals surface area contributed by atoms with Gasteiger partial charge < -0.3 is 4.74 Å². The molecule has 0 spiro atoms. The smallest absolute Gasteiger partial charge is 0.209 e. The zero-order valence-electron chi connectivity index (χ0n) is 20.4. The molecule has 1 unspecified atom stereocenters. The highest BCUT2D eigenvalue weighted by Gasteiger charge is 2.69. The molecular weight excluding hydrogens is 407 g/mol. The minimum atomic E-state index is -1.78. The highest BCUT2D eigenvalue weighted by atomic mass is 31.2. The summed E-state index contributed by atoms with van der Waals surface area (Å²) in [6.07, 6.45) is 0. The molecule has 5 rings (SSSR count). The molecule has 1 atom stereocenters. The Morgan fingerprint density at radius 3 is 1.75 bits per heavy atom. The van der Waals surface area contributed by atoms with Gasteiger partial charge in [0, 0.05) is 18.1 Å². The van der Waals surface area contributed by atoms with Crippen LogP contribution in [-0.2, 0) is 0 Å². The summed E-state index contributed by atoms with van der Waals surface area (Å²) in [7, 11) is -1.78. The highest BCUT2D eigenvalue weighted by Crippen LogP contribution is 2.82. The third kappa shape index (κ3) is 2.80. The molecule has 0 bridgehead atoms. The quantitative estimate of drug-likeness (QED) is 0.212. The summed E-state index contributed by atoms with van der Waals surface area (Å²) in [6, 6.07) is 26.7. The number of hydrogen-bond donors (Lipinski definition) is 0. The molecule has 2 heteroatoms. The fraction of sp³-hybridized carbons (Fsp3) is 0.333. The number of fused-ring (bicyclic) bond motifs is 3.